The zero-order chi connectivity index (χ0) is 14.2. The largest absolute Gasteiger partial charge is 1.00 e. The van der Waals surface area contributed by atoms with Gasteiger partial charge in [0.05, 0.1) is 0 Å². The minimum absolute atomic E-state index is 0. The van der Waals surface area contributed by atoms with Crippen molar-refractivity contribution < 1.29 is 48.0 Å². The molecule has 0 aromatic rings. The molecule has 3 heteroatoms. The summed E-state index contributed by atoms with van der Waals surface area (Å²) in [5.41, 5.74) is 4.92. The Morgan fingerprint density at radius 3 is 2.70 bits per heavy atom. The molecule has 0 aliphatic heterocycles. The molecule has 23 heavy (non-hydrogen) atoms. The van der Waals surface area contributed by atoms with E-state index in [-0.39, 0.29) is 24.8 Å². The van der Waals surface area contributed by atoms with Crippen LogP contribution in [-0.2, 0) is 23.2 Å². The Labute approximate surface area is 164 Å². The van der Waals surface area contributed by atoms with Crippen LogP contribution in [0.4, 0.5) is 0 Å². The van der Waals surface area contributed by atoms with Crippen molar-refractivity contribution in [3.63, 3.8) is 0 Å². The van der Waals surface area contributed by atoms with Crippen LogP contribution in [0.2, 0.25) is 7.25 Å². The molecule has 4 aliphatic rings. The monoisotopic (exact) mass is 422 g/mol. The van der Waals surface area contributed by atoms with Gasteiger partial charge in [-0.2, -0.15) is 0 Å². The molecule has 120 valence electrons. The number of hydrogen-bond acceptors (Lipinski definition) is 0. The van der Waals surface area contributed by atoms with Crippen molar-refractivity contribution >= 4 is 0 Å². The minimum Gasteiger partial charge on any atom is -1.00 e. The van der Waals surface area contributed by atoms with E-state index in [1.54, 1.807) is 16.7 Å². The molecule has 1 saturated carbocycles. The summed E-state index contributed by atoms with van der Waals surface area (Å²) >= 11 is -0.447. The molecule has 0 N–H and O–H groups in total. The van der Waals surface area contributed by atoms with Crippen molar-refractivity contribution in [3.8, 4) is 0 Å². The summed E-state index contributed by atoms with van der Waals surface area (Å²) < 4.78 is 1.87. The summed E-state index contributed by atoms with van der Waals surface area (Å²) in [6.07, 6.45) is 25.2. The van der Waals surface area contributed by atoms with Crippen LogP contribution in [0.5, 0.6) is 0 Å². The van der Waals surface area contributed by atoms with E-state index in [9.17, 15) is 0 Å². The van der Waals surface area contributed by atoms with Gasteiger partial charge in [0.15, 0.2) is 0 Å². The van der Waals surface area contributed by atoms with Gasteiger partial charge in [0.2, 0.25) is 0 Å². The summed E-state index contributed by atoms with van der Waals surface area (Å²) in [5, 5.41) is 0. The van der Waals surface area contributed by atoms with Crippen LogP contribution in [0.25, 0.3) is 0 Å². The Morgan fingerprint density at radius 2 is 1.83 bits per heavy atom. The Morgan fingerprint density at radius 1 is 1.00 bits per heavy atom. The third-order valence-electron chi connectivity index (χ3n) is 5.35. The van der Waals surface area contributed by atoms with Gasteiger partial charge < -0.3 is 24.8 Å². The van der Waals surface area contributed by atoms with Crippen LogP contribution in [0.3, 0.4) is 0 Å². The van der Waals surface area contributed by atoms with Gasteiger partial charge in [0.1, 0.15) is 0 Å². The zero-order valence-corrected chi connectivity index (χ0v) is 17.4. The molecule has 0 nitrogen and oxygen atoms in total. The Bertz CT molecular complexity index is 622. The molecule has 0 aromatic carbocycles. The molecule has 0 heterocycles. The van der Waals surface area contributed by atoms with Gasteiger partial charge in [-0.25, -0.2) is 0 Å². The van der Waals surface area contributed by atoms with Crippen LogP contribution in [0, 0.1) is 11.8 Å². The maximum absolute atomic E-state index is 2.51. The molecule has 4 rings (SSSR count). The molecule has 0 bridgehead atoms. The second-order valence-corrected chi connectivity index (χ2v) is 10.7. The van der Waals surface area contributed by atoms with Gasteiger partial charge in [-0.05, 0) is 0 Å². The summed E-state index contributed by atoms with van der Waals surface area (Å²) in [5.74, 6) is 1.72. The predicted octanol–water partition coefficient (Wildman–Crippen LogP) is -0.421. The van der Waals surface area contributed by atoms with E-state index in [4.69, 9.17) is 0 Å². The van der Waals surface area contributed by atoms with Crippen molar-refractivity contribution in [1.29, 1.82) is 0 Å². The fourth-order valence-electron chi connectivity index (χ4n) is 4.27. The van der Waals surface area contributed by atoms with E-state index < -0.39 is 23.2 Å². The van der Waals surface area contributed by atoms with Crippen molar-refractivity contribution in [1.82, 2.24) is 0 Å². The average molecular weight is 425 g/mol. The van der Waals surface area contributed by atoms with E-state index in [1.165, 1.54) is 12.8 Å². The Kier molecular flexibility index (Phi) is 6.96. The quantitative estimate of drug-likeness (QED) is 0.565. The Hall–Kier alpha value is -0.0969. The number of fused-ring (bicyclic) bond motifs is 1. The van der Waals surface area contributed by atoms with Gasteiger partial charge in [-0.15, -0.1) is 0 Å². The van der Waals surface area contributed by atoms with Crippen molar-refractivity contribution in [3.05, 3.63) is 71.4 Å². The maximum Gasteiger partial charge on any atom is -1.00 e. The van der Waals surface area contributed by atoms with Crippen molar-refractivity contribution in [2.75, 3.05) is 0 Å². The fraction of sp³-hybridized carbons (Fsp3) is 0.400. The first kappa shape index (κ1) is 19.2. The average Bonchev–Trinajstić information content (AvgIpc) is 2.94. The number of halogens is 2. The smallest absolute Gasteiger partial charge is 1.00 e. The molecule has 4 atom stereocenters. The van der Waals surface area contributed by atoms with Gasteiger partial charge in [-0.3, -0.25) is 0 Å². The van der Waals surface area contributed by atoms with Gasteiger partial charge in [0, 0.05) is 0 Å². The Balaban J connectivity index is 0.000000960. The van der Waals surface area contributed by atoms with Crippen LogP contribution in [0.1, 0.15) is 26.2 Å². The van der Waals surface area contributed by atoms with E-state index >= 15 is 0 Å². The van der Waals surface area contributed by atoms with Crippen LogP contribution in [-0.4, -0.2) is 0 Å². The molecule has 4 aliphatic carbocycles. The number of rotatable bonds is 2. The summed E-state index contributed by atoms with van der Waals surface area (Å²) in [4.78, 5) is 0. The second-order valence-electron chi connectivity index (χ2n) is 6.65. The molecular weight excluding hydrogens is 402 g/mol. The first-order valence-electron chi connectivity index (χ1n) is 8.18. The number of hydrogen-bond donors (Lipinski definition) is 0. The first-order valence-corrected chi connectivity index (χ1v) is 11.0. The molecule has 4 unspecified atom stereocenters. The standard InChI is InChI=1S/C11H11.C9H11.2ClH.Zr/c1-9-7-10-5-3-2-4-6-11(10)8-9;1-2-5-9-7-3-6-8(9)4-1;;;/h2-5,7-8H,6H2,1H3;1-2,4-6,8-9H,3,7H2;2*1H;/q;;;;+2/p-2. The maximum atomic E-state index is 2.51. The van der Waals surface area contributed by atoms with E-state index in [1.807, 2.05) is 0 Å². The van der Waals surface area contributed by atoms with Crippen molar-refractivity contribution in [2.45, 2.75) is 33.4 Å². The third kappa shape index (κ3) is 3.78. The van der Waals surface area contributed by atoms with Crippen molar-refractivity contribution in [2.24, 2.45) is 11.8 Å². The zero-order valence-electron chi connectivity index (χ0n) is 13.4. The fourth-order valence-corrected chi connectivity index (χ4v) is 9.55. The summed E-state index contributed by atoms with van der Waals surface area (Å²) in [7, 11) is 0. The minimum atomic E-state index is -0.447. The topological polar surface area (TPSA) is 0 Å². The van der Waals surface area contributed by atoms with Crippen LogP contribution < -0.4 is 24.8 Å². The summed E-state index contributed by atoms with van der Waals surface area (Å²) in [6.45, 7) is 2.38. The number of allylic oxidation sites excluding steroid dienone is 12. The summed E-state index contributed by atoms with van der Waals surface area (Å²) in [6, 6.07) is 0. The molecule has 0 aromatic heterocycles. The molecule has 0 spiro atoms. The third-order valence-corrected chi connectivity index (χ3v) is 10.8. The molecule has 0 saturated heterocycles. The van der Waals surface area contributed by atoms with E-state index in [2.05, 4.69) is 61.6 Å². The SMILES string of the molecule is CC1=CC2=C(C=CC=CC2)[CH]1[Zr+2][CH]1CCC2C=CC=CC21.[Cl-].[Cl-]. The predicted molar refractivity (Wildman–Crippen MR) is 85.7 cm³/mol. The van der Waals surface area contributed by atoms with E-state index in [0.29, 0.717) is 0 Å². The first-order chi connectivity index (χ1) is 10.3. The van der Waals surface area contributed by atoms with E-state index in [0.717, 1.165) is 25.5 Å². The normalized spacial score (nSPS) is 33.2. The molecule has 1 fully saturated rings. The van der Waals surface area contributed by atoms with Crippen LogP contribution in [0.15, 0.2) is 71.4 Å². The van der Waals surface area contributed by atoms with Gasteiger partial charge in [-0.1, -0.05) is 0 Å². The van der Waals surface area contributed by atoms with Gasteiger partial charge >= 0.3 is 140 Å². The second kappa shape index (κ2) is 8.33. The molecule has 0 amide bonds. The van der Waals surface area contributed by atoms with Crippen LogP contribution >= 0.6 is 0 Å². The van der Waals surface area contributed by atoms with Gasteiger partial charge in [0.25, 0.3) is 0 Å². The molecular formula is C20H22Cl2Zr. The molecule has 0 radical (unpaired) electrons.